The van der Waals surface area contributed by atoms with E-state index in [-0.39, 0.29) is 11.3 Å². The maximum Gasteiger partial charge on any atom is 0.419 e. The normalized spacial score (nSPS) is 23.6. The fourth-order valence-corrected chi connectivity index (χ4v) is 2.45. The van der Waals surface area contributed by atoms with E-state index in [1.54, 1.807) is 6.92 Å². The molecule has 1 fully saturated rings. The molecule has 110 valence electrons. The van der Waals surface area contributed by atoms with Gasteiger partial charge in [0, 0.05) is 5.56 Å². The number of carbonyl (C=O) groups is 1. The van der Waals surface area contributed by atoms with Gasteiger partial charge in [-0.3, -0.25) is 4.79 Å². The first-order valence-corrected chi connectivity index (χ1v) is 6.41. The molecule has 2 nitrogen and oxygen atoms in total. The van der Waals surface area contributed by atoms with Crippen LogP contribution in [-0.2, 0) is 6.18 Å². The molecule has 1 aromatic rings. The lowest BCUT2D eigenvalue weighted by molar-refractivity contribution is -0.140. The van der Waals surface area contributed by atoms with E-state index in [1.165, 1.54) is 0 Å². The summed E-state index contributed by atoms with van der Waals surface area (Å²) in [7, 11) is 0. The van der Waals surface area contributed by atoms with Gasteiger partial charge in [-0.2, -0.15) is 13.2 Å². The average Bonchev–Trinajstić information content (AvgIpc) is 2.37. The number of nitrogens with one attached hydrogen (secondary N) is 1. The summed E-state index contributed by atoms with van der Waals surface area (Å²) in [5, 5.41) is 3.06. The number of alkyl halides is 3. The molecular formula is C14H15F4NO. The quantitative estimate of drug-likeness (QED) is 0.666. The Labute approximate surface area is 114 Å². The number of carbonyl (C=O) groups excluding carboxylic acids is 1. The topological polar surface area (TPSA) is 29.1 Å². The lowest BCUT2D eigenvalue weighted by Crippen LogP contribution is -2.52. The van der Waals surface area contributed by atoms with E-state index in [1.807, 2.05) is 0 Å². The Bertz CT molecular complexity index is 518. The van der Waals surface area contributed by atoms with Gasteiger partial charge in [0.15, 0.2) is 5.78 Å². The van der Waals surface area contributed by atoms with Crippen molar-refractivity contribution in [3.05, 3.63) is 35.1 Å². The maximum atomic E-state index is 13.5. The highest BCUT2D eigenvalue weighted by atomic mass is 19.4. The van der Waals surface area contributed by atoms with Gasteiger partial charge in [-0.15, -0.1) is 0 Å². The van der Waals surface area contributed by atoms with E-state index in [9.17, 15) is 22.4 Å². The van der Waals surface area contributed by atoms with Gasteiger partial charge in [-0.1, -0.05) is 6.07 Å². The Hall–Kier alpha value is -1.43. The smallest absolute Gasteiger partial charge is 0.305 e. The molecule has 0 aliphatic carbocycles. The van der Waals surface area contributed by atoms with Crippen molar-refractivity contribution in [2.75, 3.05) is 6.54 Å². The van der Waals surface area contributed by atoms with Gasteiger partial charge in [0.25, 0.3) is 0 Å². The Balaban J connectivity index is 2.30. The van der Waals surface area contributed by atoms with Crippen molar-refractivity contribution in [1.29, 1.82) is 0 Å². The molecule has 20 heavy (non-hydrogen) atoms. The molecule has 0 saturated carbocycles. The lowest BCUT2D eigenvalue weighted by atomic mass is 9.83. The van der Waals surface area contributed by atoms with Crippen LogP contribution in [0.2, 0.25) is 0 Å². The molecule has 1 atom stereocenters. The highest BCUT2D eigenvalue weighted by Gasteiger charge is 2.37. The first kappa shape index (κ1) is 15.0. The standard InChI is InChI=1S/C14H15F4NO/c1-13(6-2-3-7-19-13)12(20)9-4-5-10(11(15)8-9)14(16,17)18/h4-5,8,19H,2-3,6-7H2,1H3. The molecule has 1 aliphatic heterocycles. The monoisotopic (exact) mass is 289 g/mol. The molecule has 0 radical (unpaired) electrons. The summed E-state index contributed by atoms with van der Waals surface area (Å²) in [5.41, 5.74) is -2.21. The van der Waals surface area contributed by atoms with Crippen LogP contribution >= 0.6 is 0 Å². The van der Waals surface area contributed by atoms with Gasteiger partial charge < -0.3 is 5.32 Å². The highest BCUT2D eigenvalue weighted by Crippen LogP contribution is 2.32. The zero-order valence-electron chi connectivity index (χ0n) is 11.0. The second-order valence-corrected chi connectivity index (χ2v) is 5.24. The largest absolute Gasteiger partial charge is 0.419 e. The third-order valence-corrected chi connectivity index (χ3v) is 3.66. The molecular weight excluding hydrogens is 274 g/mol. The summed E-state index contributed by atoms with van der Waals surface area (Å²) in [4.78, 5) is 12.3. The van der Waals surface area contributed by atoms with E-state index >= 15 is 0 Å². The van der Waals surface area contributed by atoms with E-state index in [4.69, 9.17) is 0 Å². The van der Waals surface area contributed by atoms with E-state index in [2.05, 4.69) is 5.32 Å². The molecule has 0 bridgehead atoms. The van der Waals surface area contributed by atoms with E-state index in [0.717, 1.165) is 18.9 Å². The van der Waals surface area contributed by atoms with Crippen molar-refractivity contribution in [2.45, 2.75) is 37.9 Å². The summed E-state index contributed by atoms with van der Waals surface area (Å²) < 4.78 is 50.9. The first-order valence-electron chi connectivity index (χ1n) is 6.41. The SMILES string of the molecule is CC1(C(=O)c2ccc(C(F)(F)F)c(F)c2)CCCCN1. The van der Waals surface area contributed by atoms with Crippen LogP contribution in [0.1, 0.15) is 42.1 Å². The van der Waals surface area contributed by atoms with Gasteiger partial charge >= 0.3 is 6.18 Å². The number of piperidine rings is 1. The number of rotatable bonds is 2. The van der Waals surface area contributed by atoms with Crippen LogP contribution in [-0.4, -0.2) is 17.9 Å². The van der Waals surface area contributed by atoms with Crippen molar-refractivity contribution in [2.24, 2.45) is 0 Å². The minimum atomic E-state index is -4.75. The minimum Gasteiger partial charge on any atom is -0.305 e. The van der Waals surface area contributed by atoms with Crippen LogP contribution in [0.3, 0.4) is 0 Å². The predicted molar refractivity (Wildman–Crippen MR) is 66.0 cm³/mol. The Morgan fingerprint density at radius 2 is 2.00 bits per heavy atom. The number of Topliss-reactive ketones (excluding diaryl/α,β-unsaturated/α-hetero) is 1. The minimum absolute atomic E-state index is 0.0348. The zero-order valence-corrected chi connectivity index (χ0v) is 11.0. The van der Waals surface area contributed by atoms with Crippen LogP contribution in [0.4, 0.5) is 17.6 Å². The van der Waals surface area contributed by atoms with Gasteiger partial charge in [-0.25, -0.2) is 4.39 Å². The molecule has 1 aliphatic rings. The zero-order chi connectivity index (χ0) is 15.0. The molecule has 2 rings (SSSR count). The van der Waals surface area contributed by atoms with Crippen molar-refractivity contribution in [3.8, 4) is 0 Å². The predicted octanol–water partition coefficient (Wildman–Crippen LogP) is 3.56. The molecule has 1 N–H and O–H groups in total. The van der Waals surface area contributed by atoms with Crippen molar-refractivity contribution in [3.63, 3.8) is 0 Å². The van der Waals surface area contributed by atoms with Crippen LogP contribution < -0.4 is 5.32 Å². The van der Waals surface area contributed by atoms with Crippen molar-refractivity contribution >= 4 is 5.78 Å². The molecule has 1 aromatic carbocycles. The number of halogens is 4. The maximum absolute atomic E-state index is 13.5. The first-order chi connectivity index (χ1) is 9.24. The summed E-state index contributed by atoms with van der Waals surface area (Å²) >= 11 is 0. The van der Waals surface area contributed by atoms with E-state index in [0.29, 0.717) is 25.1 Å². The molecule has 1 heterocycles. The summed E-state index contributed by atoms with van der Waals surface area (Å²) in [6.45, 7) is 2.37. The number of hydrogen-bond donors (Lipinski definition) is 1. The van der Waals surface area contributed by atoms with Crippen LogP contribution in [0.15, 0.2) is 18.2 Å². The lowest BCUT2D eigenvalue weighted by Gasteiger charge is -2.33. The van der Waals surface area contributed by atoms with E-state index < -0.39 is 23.1 Å². The van der Waals surface area contributed by atoms with Crippen LogP contribution in [0.5, 0.6) is 0 Å². The Morgan fingerprint density at radius 1 is 1.30 bits per heavy atom. The molecule has 0 amide bonds. The third kappa shape index (κ3) is 2.85. The third-order valence-electron chi connectivity index (χ3n) is 3.66. The second kappa shape index (κ2) is 5.16. The average molecular weight is 289 g/mol. The van der Waals surface area contributed by atoms with Crippen molar-refractivity contribution < 1.29 is 22.4 Å². The number of ketones is 1. The molecule has 0 aromatic heterocycles. The fraction of sp³-hybridized carbons (Fsp3) is 0.500. The van der Waals surface area contributed by atoms with Crippen molar-refractivity contribution in [1.82, 2.24) is 5.32 Å². The van der Waals surface area contributed by atoms with Crippen LogP contribution in [0, 0.1) is 5.82 Å². The number of benzene rings is 1. The molecule has 1 saturated heterocycles. The van der Waals surface area contributed by atoms with Gasteiger partial charge in [-0.05, 0) is 44.9 Å². The number of hydrogen-bond acceptors (Lipinski definition) is 2. The highest BCUT2D eigenvalue weighted by molar-refractivity contribution is 6.03. The van der Waals surface area contributed by atoms with Crippen LogP contribution in [0.25, 0.3) is 0 Å². The Morgan fingerprint density at radius 3 is 2.50 bits per heavy atom. The molecule has 0 spiro atoms. The van der Waals surface area contributed by atoms with Gasteiger partial charge in [0.2, 0.25) is 0 Å². The molecule has 1 unspecified atom stereocenters. The van der Waals surface area contributed by atoms with Gasteiger partial charge in [0.05, 0.1) is 11.1 Å². The summed E-state index contributed by atoms with van der Waals surface area (Å²) in [5.74, 6) is -1.78. The fourth-order valence-electron chi connectivity index (χ4n) is 2.45. The second-order valence-electron chi connectivity index (χ2n) is 5.24. The Kier molecular flexibility index (Phi) is 3.86. The molecule has 6 heteroatoms. The van der Waals surface area contributed by atoms with Gasteiger partial charge in [0.1, 0.15) is 5.82 Å². The summed E-state index contributed by atoms with van der Waals surface area (Å²) in [6.07, 6.45) is -2.35. The summed E-state index contributed by atoms with van der Waals surface area (Å²) in [6, 6.07) is 2.33.